The van der Waals surface area contributed by atoms with Crippen LogP contribution in [0, 0.1) is 12.7 Å². The number of carbonyl (C=O) groups excluding carboxylic acids is 1. The fraction of sp³-hybridized carbons (Fsp3) is 0.0556. The van der Waals surface area contributed by atoms with Crippen LogP contribution in [-0.2, 0) is 4.79 Å². The van der Waals surface area contributed by atoms with Gasteiger partial charge in [-0.05, 0) is 42.8 Å². The Morgan fingerprint density at radius 3 is 2.73 bits per heavy atom. The van der Waals surface area contributed by atoms with Crippen LogP contribution in [0.2, 0.25) is 5.02 Å². The maximum atomic E-state index is 14.0. The number of halogens is 2. The van der Waals surface area contributed by atoms with Gasteiger partial charge in [0, 0.05) is 5.56 Å². The van der Waals surface area contributed by atoms with Crippen LogP contribution in [0.5, 0.6) is 0 Å². The van der Waals surface area contributed by atoms with Gasteiger partial charge < -0.3 is 5.11 Å². The van der Waals surface area contributed by atoms with E-state index in [0.29, 0.717) is 11.3 Å². The molecule has 1 saturated heterocycles. The van der Waals surface area contributed by atoms with Gasteiger partial charge in [-0.15, -0.1) is 0 Å². The maximum absolute atomic E-state index is 14.0. The lowest BCUT2D eigenvalue weighted by Gasteiger charge is -2.17. The van der Waals surface area contributed by atoms with Gasteiger partial charge in [0.25, 0.3) is 5.91 Å². The lowest BCUT2D eigenvalue weighted by atomic mass is 10.1. The number of benzene rings is 2. The highest BCUT2D eigenvalue weighted by Crippen LogP contribution is 2.38. The van der Waals surface area contributed by atoms with E-state index in [9.17, 15) is 19.1 Å². The van der Waals surface area contributed by atoms with E-state index in [2.05, 4.69) is 0 Å². The molecular formula is C18H11ClFNO3S2. The average Bonchev–Trinajstić information content (AvgIpc) is 2.85. The van der Waals surface area contributed by atoms with E-state index >= 15 is 0 Å². The number of hydrogen-bond acceptors (Lipinski definition) is 4. The first-order chi connectivity index (χ1) is 12.3. The fourth-order valence-electron chi connectivity index (χ4n) is 2.44. The van der Waals surface area contributed by atoms with Crippen LogP contribution in [0.25, 0.3) is 6.08 Å². The summed E-state index contributed by atoms with van der Waals surface area (Å²) < 4.78 is 14.2. The summed E-state index contributed by atoms with van der Waals surface area (Å²) in [7, 11) is 0. The van der Waals surface area contributed by atoms with E-state index < -0.39 is 17.7 Å². The quantitative estimate of drug-likeness (QED) is 0.579. The number of aryl methyl sites for hydroxylation is 1. The zero-order valence-corrected chi connectivity index (χ0v) is 15.7. The van der Waals surface area contributed by atoms with Crippen LogP contribution in [0.4, 0.5) is 10.1 Å². The monoisotopic (exact) mass is 407 g/mol. The molecule has 3 rings (SSSR count). The van der Waals surface area contributed by atoms with Gasteiger partial charge in [0.15, 0.2) is 4.32 Å². The van der Waals surface area contributed by atoms with E-state index in [0.717, 1.165) is 11.8 Å². The molecule has 0 radical (unpaired) electrons. The number of rotatable bonds is 3. The lowest BCUT2D eigenvalue weighted by molar-refractivity contribution is -0.113. The first-order valence-corrected chi connectivity index (χ1v) is 8.96. The third-order valence-corrected chi connectivity index (χ3v) is 5.40. The number of thiocarbonyl (C=S) groups is 1. The molecule has 4 nitrogen and oxygen atoms in total. The normalized spacial score (nSPS) is 15.8. The summed E-state index contributed by atoms with van der Waals surface area (Å²) in [6.07, 6.45) is 1.35. The Bertz CT molecular complexity index is 970. The smallest absolute Gasteiger partial charge is 0.335 e. The van der Waals surface area contributed by atoms with Gasteiger partial charge in [0.05, 0.1) is 21.2 Å². The van der Waals surface area contributed by atoms with Crippen molar-refractivity contribution in [3.05, 3.63) is 68.8 Å². The van der Waals surface area contributed by atoms with Crippen molar-refractivity contribution in [1.82, 2.24) is 0 Å². The summed E-state index contributed by atoms with van der Waals surface area (Å²) >= 11 is 12.3. The van der Waals surface area contributed by atoms with Crippen molar-refractivity contribution < 1.29 is 19.1 Å². The molecule has 2 aromatic rings. The number of amides is 1. The Labute approximate surface area is 163 Å². The van der Waals surface area contributed by atoms with Crippen molar-refractivity contribution in [2.45, 2.75) is 6.92 Å². The highest BCUT2D eigenvalue weighted by Gasteiger charge is 2.34. The first-order valence-electron chi connectivity index (χ1n) is 7.35. The summed E-state index contributed by atoms with van der Waals surface area (Å²) in [4.78, 5) is 25.5. The largest absolute Gasteiger partial charge is 0.478 e. The van der Waals surface area contributed by atoms with Crippen molar-refractivity contribution in [3.63, 3.8) is 0 Å². The third-order valence-electron chi connectivity index (χ3n) is 3.77. The number of carbonyl (C=O) groups is 2. The van der Waals surface area contributed by atoms with E-state index in [1.165, 1.54) is 41.3 Å². The van der Waals surface area contributed by atoms with Crippen LogP contribution in [-0.4, -0.2) is 21.3 Å². The molecule has 0 aromatic heterocycles. The molecule has 1 aliphatic rings. The van der Waals surface area contributed by atoms with Crippen LogP contribution < -0.4 is 4.90 Å². The molecular weight excluding hydrogens is 397 g/mol. The molecule has 1 fully saturated rings. The summed E-state index contributed by atoms with van der Waals surface area (Å²) in [5.74, 6) is -2.11. The molecule has 1 heterocycles. The molecule has 0 unspecified atom stereocenters. The number of carboxylic acid groups (broad SMARTS) is 1. The number of aromatic carboxylic acids is 1. The molecule has 2 aromatic carbocycles. The van der Waals surface area contributed by atoms with Crippen molar-refractivity contribution in [1.29, 1.82) is 0 Å². The standard InChI is InChI=1S/C18H11ClFNO3S2/c1-9-5-6-10(17(23)24)7-14(9)21-16(22)15(26-18(21)25)8-11-12(19)3-2-4-13(11)20/h2-8H,1H3,(H,23,24)/b15-8-. The second-order valence-electron chi connectivity index (χ2n) is 5.46. The minimum absolute atomic E-state index is 0.0424. The van der Waals surface area contributed by atoms with Gasteiger partial charge in [0.2, 0.25) is 0 Å². The number of carboxylic acids is 1. The topological polar surface area (TPSA) is 57.6 Å². The highest BCUT2D eigenvalue weighted by atomic mass is 35.5. The van der Waals surface area contributed by atoms with Crippen LogP contribution in [0.3, 0.4) is 0 Å². The van der Waals surface area contributed by atoms with E-state index in [1.807, 2.05) is 0 Å². The fourth-order valence-corrected chi connectivity index (χ4v) is 3.92. The molecule has 1 amide bonds. The predicted octanol–water partition coefficient (Wildman–Crippen LogP) is 4.89. The van der Waals surface area contributed by atoms with Gasteiger partial charge in [0.1, 0.15) is 5.82 Å². The lowest BCUT2D eigenvalue weighted by Crippen LogP contribution is -2.28. The van der Waals surface area contributed by atoms with E-state index in [1.54, 1.807) is 13.0 Å². The zero-order valence-electron chi connectivity index (χ0n) is 13.3. The molecule has 0 bridgehead atoms. The van der Waals surface area contributed by atoms with Crippen molar-refractivity contribution in [2.24, 2.45) is 0 Å². The Balaban J connectivity index is 2.04. The molecule has 0 aliphatic carbocycles. The molecule has 1 N–H and O–H groups in total. The van der Waals surface area contributed by atoms with Crippen LogP contribution in [0.15, 0.2) is 41.3 Å². The number of anilines is 1. The van der Waals surface area contributed by atoms with E-state index in [4.69, 9.17) is 23.8 Å². The van der Waals surface area contributed by atoms with Crippen molar-refractivity contribution >= 4 is 63.5 Å². The molecule has 26 heavy (non-hydrogen) atoms. The van der Waals surface area contributed by atoms with Crippen LogP contribution in [0.1, 0.15) is 21.5 Å². The Kier molecular flexibility index (Phi) is 5.13. The SMILES string of the molecule is Cc1ccc(C(=O)O)cc1N1C(=O)/C(=C/c2c(F)cccc2Cl)SC1=S. The minimum atomic E-state index is -1.11. The maximum Gasteiger partial charge on any atom is 0.335 e. The Morgan fingerprint density at radius 2 is 2.08 bits per heavy atom. The van der Waals surface area contributed by atoms with Crippen molar-refractivity contribution in [3.8, 4) is 0 Å². The van der Waals surface area contributed by atoms with Gasteiger partial charge in [-0.3, -0.25) is 9.69 Å². The number of nitrogens with zero attached hydrogens (tertiary/aromatic N) is 1. The minimum Gasteiger partial charge on any atom is -0.478 e. The summed E-state index contributed by atoms with van der Waals surface area (Å²) in [6.45, 7) is 1.75. The molecule has 0 atom stereocenters. The summed E-state index contributed by atoms with van der Waals surface area (Å²) in [5.41, 5.74) is 1.22. The zero-order chi connectivity index (χ0) is 19.0. The summed E-state index contributed by atoms with van der Waals surface area (Å²) in [5, 5.41) is 9.35. The second-order valence-corrected chi connectivity index (χ2v) is 7.54. The number of hydrogen-bond donors (Lipinski definition) is 1. The molecule has 8 heteroatoms. The highest BCUT2D eigenvalue weighted by molar-refractivity contribution is 8.27. The molecule has 0 saturated carbocycles. The van der Waals surface area contributed by atoms with Gasteiger partial charge in [-0.2, -0.15) is 0 Å². The Morgan fingerprint density at radius 1 is 1.35 bits per heavy atom. The van der Waals surface area contributed by atoms with Gasteiger partial charge in [-0.25, -0.2) is 9.18 Å². The molecule has 1 aliphatic heterocycles. The average molecular weight is 408 g/mol. The second kappa shape index (κ2) is 7.19. The Hall–Kier alpha value is -2.22. The third kappa shape index (κ3) is 3.38. The van der Waals surface area contributed by atoms with E-state index in [-0.39, 0.29) is 25.4 Å². The predicted molar refractivity (Wildman–Crippen MR) is 105 cm³/mol. The summed E-state index contributed by atoms with van der Waals surface area (Å²) in [6, 6.07) is 8.70. The van der Waals surface area contributed by atoms with Crippen LogP contribution >= 0.6 is 35.6 Å². The van der Waals surface area contributed by atoms with Gasteiger partial charge >= 0.3 is 5.97 Å². The molecule has 0 spiro atoms. The first kappa shape index (κ1) is 18.6. The van der Waals surface area contributed by atoms with Gasteiger partial charge in [-0.1, -0.05) is 47.7 Å². The van der Waals surface area contributed by atoms with Crippen molar-refractivity contribution in [2.75, 3.05) is 4.90 Å². The molecule has 132 valence electrons. The number of thioether (sulfide) groups is 1.